The van der Waals surface area contributed by atoms with Crippen LogP contribution < -0.4 is 0 Å². The van der Waals surface area contributed by atoms with Crippen LogP contribution in [0.1, 0.15) is 33.2 Å². The van der Waals surface area contributed by atoms with Crippen molar-refractivity contribution in [2.75, 3.05) is 13.2 Å². The number of benzene rings is 4. The van der Waals surface area contributed by atoms with Gasteiger partial charge in [-0.1, -0.05) is 82.6 Å². The number of ether oxygens (including phenoxy) is 1. The van der Waals surface area contributed by atoms with E-state index in [1.807, 2.05) is 30.3 Å². The molecule has 1 heterocycles. The summed E-state index contributed by atoms with van der Waals surface area (Å²) >= 11 is 0. The van der Waals surface area contributed by atoms with Crippen LogP contribution in [-0.4, -0.2) is 56.0 Å². The zero-order valence-electron chi connectivity index (χ0n) is 22.7. The van der Waals surface area contributed by atoms with Crippen LogP contribution in [0.5, 0.6) is 0 Å². The molecule has 11 heteroatoms. The molecule has 0 aromatic heterocycles. The van der Waals surface area contributed by atoms with E-state index in [1.165, 1.54) is 67.6 Å². The van der Waals surface area contributed by atoms with Crippen LogP contribution in [0.2, 0.25) is 0 Å². The average Bonchev–Trinajstić information content (AvgIpc) is 3.27. The van der Waals surface area contributed by atoms with Crippen molar-refractivity contribution in [3.8, 4) is 0 Å². The van der Waals surface area contributed by atoms with Crippen molar-refractivity contribution >= 4 is 31.9 Å². The van der Waals surface area contributed by atoms with Crippen LogP contribution in [0.25, 0.3) is 0 Å². The number of hydrogen-bond acceptors (Lipinski definition) is 7. The third-order valence-corrected chi connectivity index (χ3v) is 11.2. The standard InChI is InChI=1S/C31H28N2O7S2/c1-31(23-40-21-24-13-5-2-6-14-24,33-29(34)27-19-11-12-20-28(27)30(33)35)22-32(41(36,37)25-15-7-3-8-16-25)42(38,39)26-17-9-4-10-18-26/h2-20H,21-23H2,1H3. The highest BCUT2D eigenvalue weighted by Gasteiger charge is 2.51. The summed E-state index contributed by atoms with van der Waals surface area (Å²) in [6.07, 6.45) is 0. The number of fused-ring (bicyclic) bond motifs is 1. The van der Waals surface area contributed by atoms with E-state index in [1.54, 1.807) is 24.3 Å². The first-order valence-electron chi connectivity index (χ1n) is 13.0. The Hall–Kier alpha value is -4.16. The Balaban J connectivity index is 1.62. The van der Waals surface area contributed by atoms with Crippen LogP contribution in [0.15, 0.2) is 125 Å². The van der Waals surface area contributed by atoms with Gasteiger partial charge < -0.3 is 4.74 Å². The van der Waals surface area contributed by atoms with Gasteiger partial charge in [-0.2, -0.15) is 0 Å². The monoisotopic (exact) mass is 604 g/mol. The quantitative estimate of drug-likeness (QED) is 0.234. The van der Waals surface area contributed by atoms with Gasteiger partial charge in [-0.25, -0.2) is 16.8 Å². The molecule has 0 saturated carbocycles. The molecule has 4 aromatic carbocycles. The first-order chi connectivity index (χ1) is 20.1. The van der Waals surface area contributed by atoms with E-state index < -0.39 is 43.9 Å². The lowest BCUT2D eigenvalue weighted by molar-refractivity contribution is 0.00313. The zero-order chi connectivity index (χ0) is 30.0. The highest BCUT2D eigenvalue weighted by atomic mass is 32.3. The molecule has 1 aliphatic rings. The van der Waals surface area contributed by atoms with E-state index in [0.717, 1.165) is 10.5 Å². The van der Waals surface area contributed by atoms with Crippen LogP contribution in [0.3, 0.4) is 0 Å². The first kappa shape index (κ1) is 29.3. The van der Waals surface area contributed by atoms with Gasteiger partial charge in [-0.15, -0.1) is 0 Å². The maximum absolute atomic E-state index is 14.0. The van der Waals surface area contributed by atoms with Crippen LogP contribution in [-0.2, 0) is 31.4 Å². The fourth-order valence-electron chi connectivity index (χ4n) is 4.82. The van der Waals surface area contributed by atoms with Crippen molar-refractivity contribution in [2.24, 2.45) is 0 Å². The van der Waals surface area contributed by atoms with Crippen LogP contribution in [0, 0.1) is 0 Å². The summed E-state index contributed by atoms with van der Waals surface area (Å²) in [5, 5.41) is 0. The Kier molecular flexibility index (Phi) is 8.11. The third-order valence-electron chi connectivity index (χ3n) is 6.95. The number of carbonyl (C=O) groups excluding carboxylic acids is 2. The van der Waals surface area contributed by atoms with Gasteiger partial charge in [0.1, 0.15) is 0 Å². The van der Waals surface area contributed by atoms with Crippen LogP contribution in [0.4, 0.5) is 0 Å². The molecule has 0 N–H and O–H groups in total. The molecule has 216 valence electrons. The summed E-state index contributed by atoms with van der Waals surface area (Å²) in [6.45, 7) is 0.393. The van der Waals surface area contributed by atoms with Crippen LogP contribution >= 0.6 is 0 Å². The normalized spacial score (nSPS) is 15.0. The van der Waals surface area contributed by atoms with E-state index in [-0.39, 0.29) is 34.1 Å². The van der Waals surface area contributed by atoms with Gasteiger partial charge in [0.2, 0.25) is 0 Å². The Morgan fingerprint density at radius 2 is 1.05 bits per heavy atom. The highest BCUT2D eigenvalue weighted by molar-refractivity contribution is 8.04. The van der Waals surface area contributed by atoms with Gasteiger partial charge in [0.15, 0.2) is 0 Å². The fourth-order valence-corrected chi connectivity index (χ4v) is 8.74. The summed E-state index contributed by atoms with van der Waals surface area (Å²) < 4.78 is 62.5. The van der Waals surface area contributed by atoms with Crippen molar-refractivity contribution in [2.45, 2.75) is 28.9 Å². The highest BCUT2D eigenvalue weighted by Crippen LogP contribution is 2.34. The second-order valence-corrected chi connectivity index (χ2v) is 14.0. The predicted octanol–water partition coefficient (Wildman–Crippen LogP) is 4.34. The Bertz CT molecular complexity index is 1710. The minimum atomic E-state index is -4.71. The van der Waals surface area contributed by atoms with Gasteiger partial charge in [0, 0.05) is 0 Å². The van der Waals surface area contributed by atoms with Crippen molar-refractivity contribution in [3.63, 3.8) is 0 Å². The summed E-state index contributed by atoms with van der Waals surface area (Å²) in [5.41, 5.74) is -0.667. The minimum Gasteiger partial charge on any atom is -0.374 e. The molecule has 42 heavy (non-hydrogen) atoms. The minimum absolute atomic E-state index is 0.0798. The van der Waals surface area contributed by atoms with Gasteiger partial charge >= 0.3 is 0 Å². The molecule has 2 amide bonds. The maximum Gasteiger partial charge on any atom is 0.262 e. The Morgan fingerprint density at radius 1 is 0.643 bits per heavy atom. The van der Waals surface area contributed by atoms with Gasteiger partial charge in [-0.05, 0) is 48.9 Å². The number of carbonyl (C=O) groups is 2. The molecule has 5 rings (SSSR count). The number of rotatable bonds is 11. The molecule has 0 fully saturated rings. The van der Waals surface area contributed by atoms with Crippen molar-refractivity contribution in [3.05, 3.63) is 132 Å². The fraction of sp³-hybridized carbons (Fsp3) is 0.161. The van der Waals surface area contributed by atoms with E-state index in [4.69, 9.17) is 4.74 Å². The smallest absolute Gasteiger partial charge is 0.262 e. The second-order valence-electron chi connectivity index (χ2n) is 10.0. The molecular weight excluding hydrogens is 576 g/mol. The molecule has 1 aliphatic heterocycles. The van der Waals surface area contributed by atoms with Crippen molar-refractivity contribution in [1.82, 2.24) is 8.61 Å². The molecule has 0 saturated heterocycles. The molecule has 0 bridgehead atoms. The lowest BCUT2D eigenvalue weighted by Gasteiger charge is -2.40. The maximum atomic E-state index is 14.0. The third kappa shape index (κ3) is 5.51. The summed E-state index contributed by atoms with van der Waals surface area (Å²) in [6, 6.07) is 29.6. The summed E-state index contributed by atoms with van der Waals surface area (Å²) in [5.74, 6) is -1.34. The van der Waals surface area contributed by atoms with Gasteiger partial charge in [0.05, 0.1) is 46.2 Å². The molecule has 1 unspecified atom stereocenters. The molecule has 0 aliphatic carbocycles. The largest absolute Gasteiger partial charge is 0.374 e. The van der Waals surface area contributed by atoms with E-state index in [2.05, 4.69) is 0 Å². The number of hydrogen-bond donors (Lipinski definition) is 0. The molecule has 0 spiro atoms. The van der Waals surface area contributed by atoms with Gasteiger partial charge in [0.25, 0.3) is 31.9 Å². The van der Waals surface area contributed by atoms with Crippen molar-refractivity contribution < 1.29 is 31.2 Å². The summed E-state index contributed by atoms with van der Waals surface area (Å²) in [7, 11) is -9.42. The Morgan fingerprint density at radius 3 is 1.50 bits per heavy atom. The summed E-state index contributed by atoms with van der Waals surface area (Å²) in [4.78, 5) is 27.7. The Labute approximate surface area is 245 Å². The lowest BCUT2D eigenvalue weighted by Crippen LogP contribution is -2.60. The van der Waals surface area contributed by atoms with Gasteiger partial charge in [-0.3, -0.25) is 14.5 Å². The molecular formula is C31H28N2O7S2. The average molecular weight is 605 g/mol. The topological polar surface area (TPSA) is 118 Å². The number of imide groups is 1. The van der Waals surface area contributed by atoms with E-state index >= 15 is 0 Å². The zero-order valence-corrected chi connectivity index (χ0v) is 24.3. The molecule has 1 atom stereocenters. The lowest BCUT2D eigenvalue weighted by atomic mass is 10.0. The SMILES string of the molecule is CC(COCc1ccccc1)(CN(S(=O)(=O)c1ccccc1)S(=O)(=O)c1ccccc1)N1C(=O)c2ccccc2C1=O. The number of amides is 2. The van der Waals surface area contributed by atoms with Crippen molar-refractivity contribution in [1.29, 1.82) is 0 Å². The predicted molar refractivity (Wildman–Crippen MR) is 155 cm³/mol. The first-order valence-corrected chi connectivity index (χ1v) is 15.9. The second kappa shape index (κ2) is 11.6. The molecule has 0 radical (unpaired) electrons. The molecule has 4 aromatic rings. The van der Waals surface area contributed by atoms with E-state index in [9.17, 15) is 26.4 Å². The number of sulfonamides is 2. The number of nitrogens with zero attached hydrogens (tertiary/aromatic N) is 2. The molecule has 9 nitrogen and oxygen atoms in total. The van der Waals surface area contributed by atoms with E-state index in [0.29, 0.717) is 3.71 Å².